The van der Waals surface area contributed by atoms with E-state index in [1.807, 2.05) is 6.92 Å². The van der Waals surface area contributed by atoms with Crippen LogP contribution < -0.4 is 5.32 Å². The maximum Gasteiger partial charge on any atom is 0.0685 e. The summed E-state index contributed by atoms with van der Waals surface area (Å²) >= 11 is 0. The first-order chi connectivity index (χ1) is 7.44. The first-order valence-corrected chi connectivity index (χ1v) is 7.74. The van der Waals surface area contributed by atoms with Crippen LogP contribution in [0.2, 0.25) is 0 Å². The van der Waals surface area contributed by atoms with Crippen molar-refractivity contribution < 1.29 is 8.95 Å². The maximum absolute atomic E-state index is 11.3. The van der Waals surface area contributed by atoms with E-state index < -0.39 is 10.8 Å². The predicted molar refractivity (Wildman–Crippen MR) is 66.9 cm³/mol. The average molecular weight is 245 g/mol. The minimum absolute atomic E-state index is 0.232. The summed E-state index contributed by atoms with van der Waals surface area (Å²) < 4.78 is 17.0. The Morgan fingerprint density at radius 3 is 2.88 bits per heavy atom. The highest BCUT2D eigenvalue weighted by atomic mass is 32.2. The molecule has 0 spiro atoms. The molecule has 0 aromatic heterocycles. The highest BCUT2D eigenvalue weighted by molar-refractivity contribution is 7.84. The fourth-order valence-corrected chi connectivity index (χ4v) is 3.48. The average Bonchev–Trinajstić information content (AvgIpc) is 2.63. The number of hydrogen-bond donors (Lipinski definition) is 1. The molecule has 3 nitrogen and oxygen atoms in total. The quantitative estimate of drug-likeness (QED) is 0.807. The summed E-state index contributed by atoms with van der Waals surface area (Å²) in [5.74, 6) is 0.674. The molecule has 2 aliphatic rings. The fourth-order valence-electron chi connectivity index (χ4n) is 3.15. The zero-order valence-electron chi connectivity index (χ0n) is 10.7. The first-order valence-electron chi connectivity index (χ1n) is 6.12. The standard InChI is InChI=1S/C12H23NO2S/c1-8(16(4)14)7-13-10-9-5-6-15-11(9)12(10,2)3/h8-11,13H,5-7H2,1-4H3. The minimum Gasteiger partial charge on any atom is -0.377 e. The van der Waals surface area contributed by atoms with Gasteiger partial charge < -0.3 is 10.1 Å². The Morgan fingerprint density at radius 1 is 1.56 bits per heavy atom. The molecule has 0 bridgehead atoms. The highest BCUT2D eigenvalue weighted by Gasteiger charge is 2.58. The van der Waals surface area contributed by atoms with Gasteiger partial charge in [-0.2, -0.15) is 0 Å². The van der Waals surface area contributed by atoms with E-state index in [1.54, 1.807) is 6.26 Å². The van der Waals surface area contributed by atoms with Crippen molar-refractivity contribution in [3.63, 3.8) is 0 Å². The molecule has 0 aromatic carbocycles. The molecule has 0 aromatic rings. The number of rotatable bonds is 4. The largest absolute Gasteiger partial charge is 0.377 e. The van der Waals surface area contributed by atoms with Gasteiger partial charge in [0.2, 0.25) is 0 Å². The molecule has 2 rings (SSSR count). The third-order valence-corrected chi connectivity index (χ3v) is 5.59. The zero-order valence-corrected chi connectivity index (χ0v) is 11.5. The topological polar surface area (TPSA) is 38.3 Å². The molecule has 5 atom stereocenters. The van der Waals surface area contributed by atoms with Crippen LogP contribution in [0.5, 0.6) is 0 Å². The molecule has 1 heterocycles. The van der Waals surface area contributed by atoms with Gasteiger partial charge in [-0.05, 0) is 13.3 Å². The second-order valence-electron chi connectivity index (χ2n) is 5.76. The molecule has 1 aliphatic heterocycles. The van der Waals surface area contributed by atoms with Crippen LogP contribution in [-0.4, -0.2) is 41.0 Å². The summed E-state index contributed by atoms with van der Waals surface area (Å²) in [5.41, 5.74) is 0.232. The molecule has 94 valence electrons. The van der Waals surface area contributed by atoms with Gasteiger partial charge >= 0.3 is 0 Å². The van der Waals surface area contributed by atoms with Crippen LogP contribution in [0, 0.1) is 11.3 Å². The lowest BCUT2D eigenvalue weighted by Gasteiger charge is -2.55. The summed E-state index contributed by atoms with van der Waals surface area (Å²) in [5, 5.41) is 3.82. The molecule has 1 aliphatic carbocycles. The smallest absolute Gasteiger partial charge is 0.0685 e. The van der Waals surface area contributed by atoms with Crippen molar-refractivity contribution in [2.24, 2.45) is 11.3 Å². The lowest BCUT2D eigenvalue weighted by molar-refractivity contribution is -0.112. The van der Waals surface area contributed by atoms with Crippen molar-refractivity contribution >= 4 is 10.8 Å². The molecule has 2 fully saturated rings. The molecule has 1 saturated carbocycles. The van der Waals surface area contributed by atoms with Gasteiger partial charge in [-0.1, -0.05) is 13.8 Å². The highest BCUT2D eigenvalue weighted by Crippen LogP contribution is 2.51. The fraction of sp³-hybridized carbons (Fsp3) is 1.00. The molecule has 0 amide bonds. The Morgan fingerprint density at radius 2 is 2.25 bits per heavy atom. The lowest BCUT2D eigenvalue weighted by atomic mass is 9.57. The number of ether oxygens (including phenoxy) is 1. The Balaban J connectivity index is 1.88. The van der Waals surface area contributed by atoms with Crippen molar-refractivity contribution in [3.05, 3.63) is 0 Å². The van der Waals surface area contributed by atoms with Crippen LogP contribution >= 0.6 is 0 Å². The van der Waals surface area contributed by atoms with Crippen LogP contribution in [0.3, 0.4) is 0 Å². The van der Waals surface area contributed by atoms with Crippen molar-refractivity contribution in [1.29, 1.82) is 0 Å². The molecular weight excluding hydrogens is 222 g/mol. The second-order valence-corrected chi connectivity index (χ2v) is 7.56. The molecular formula is C12H23NO2S. The summed E-state index contributed by atoms with van der Waals surface area (Å²) in [6, 6.07) is 0.533. The maximum atomic E-state index is 11.3. The van der Waals surface area contributed by atoms with E-state index in [9.17, 15) is 4.21 Å². The first kappa shape index (κ1) is 12.5. The minimum atomic E-state index is -0.730. The van der Waals surface area contributed by atoms with Crippen LogP contribution in [0.25, 0.3) is 0 Å². The van der Waals surface area contributed by atoms with Crippen molar-refractivity contribution in [2.75, 3.05) is 19.4 Å². The van der Waals surface area contributed by atoms with E-state index in [4.69, 9.17) is 4.74 Å². The molecule has 5 unspecified atom stereocenters. The number of fused-ring (bicyclic) bond motifs is 1. The molecule has 1 saturated heterocycles. The molecule has 16 heavy (non-hydrogen) atoms. The van der Waals surface area contributed by atoms with Crippen LogP contribution in [0.1, 0.15) is 27.2 Å². The Labute approximate surface area is 101 Å². The number of nitrogens with one attached hydrogen (secondary N) is 1. The van der Waals surface area contributed by atoms with E-state index in [0.717, 1.165) is 13.2 Å². The van der Waals surface area contributed by atoms with Gasteiger partial charge in [-0.25, -0.2) is 0 Å². The van der Waals surface area contributed by atoms with Gasteiger partial charge in [0.15, 0.2) is 0 Å². The van der Waals surface area contributed by atoms with Crippen molar-refractivity contribution in [2.45, 2.75) is 44.6 Å². The SMILES string of the molecule is CC(CNC1C2CCOC2C1(C)C)S(C)=O. The van der Waals surface area contributed by atoms with E-state index in [-0.39, 0.29) is 10.7 Å². The van der Waals surface area contributed by atoms with Gasteiger partial charge in [0.1, 0.15) is 0 Å². The van der Waals surface area contributed by atoms with Gasteiger partial charge in [0, 0.05) is 52.8 Å². The Hall–Kier alpha value is 0.0700. The number of hydrogen-bond acceptors (Lipinski definition) is 3. The van der Waals surface area contributed by atoms with Crippen LogP contribution in [0.15, 0.2) is 0 Å². The van der Waals surface area contributed by atoms with Gasteiger partial charge in [-0.15, -0.1) is 0 Å². The van der Waals surface area contributed by atoms with Gasteiger partial charge in [0.05, 0.1) is 6.10 Å². The zero-order chi connectivity index (χ0) is 11.9. The van der Waals surface area contributed by atoms with Crippen LogP contribution in [0.4, 0.5) is 0 Å². The Kier molecular flexibility index (Phi) is 3.44. The summed E-state index contributed by atoms with van der Waals surface area (Å²) in [7, 11) is -0.730. The van der Waals surface area contributed by atoms with E-state index in [0.29, 0.717) is 18.1 Å². The molecule has 4 heteroatoms. The van der Waals surface area contributed by atoms with E-state index in [1.165, 1.54) is 6.42 Å². The summed E-state index contributed by atoms with van der Waals surface area (Å²) in [6.45, 7) is 8.33. The third-order valence-electron chi connectivity index (χ3n) is 4.29. The van der Waals surface area contributed by atoms with Gasteiger partial charge in [-0.3, -0.25) is 4.21 Å². The van der Waals surface area contributed by atoms with E-state index in [2.05, 4.69) is 19.2 Å². The van der Waals surface area contributed by atoms with Crippen LogP contribution in [-0.2, 0) is 15.5 Å². The summed E-state index contributed by atoms with van der Waals surface area (Å²) in [4.78, 5) is 0. The summed E-state index contributed by atoms with van der Waals surface area (Å²) in [6.07, 6.45) is 3.39. The monoisotopic (exact) mass is 245 g/mol. The molecule has 0 radical (unpaired) electrons. The van der Waals surface area contributed by atoms with Crippen molar-refractivity contribution in [3.8, 4) is 0 Å². The predicted octanol–water partition coefficient (Wildman–Crippen LogP) is 1.16. The normalized spacial score (nSPS) is 39.9. The van der Waals surface area contributed by atoms with E-state index >= 15 is 0 Å². The lowest BCUT2D eigenvalue weighted by Crippen LogP contribution is -2.66. The molecule has 1 N–H and O–H groups in total. The van der Waals surface area contributed by atoms with Gasteiger partial charge in [0.25, 0.3) is 0 Å². The third kappa shape index (κ3) is 1.95. The second kappa shape index (κ2) is 4.39. The Bertz CT molecular complexity index is 293. The van der Waals surface area contributed by atoms with Crippen molar-refractivity contribution in [1.82, 2.24) is 5.32 Å².